The first-order valence-electron chi connectivity index (χ1n) is 7.24. The Morgan fingerprint density at radius 3 is 2.35 bits per heavy atom. The van der Waals surface area contributed by atoms with Gasteiger partial charge in [0.2, 0.25) is 15.9 Å². The van der Waals surface area contributed by atoms with Crippen LogP contribution in [0.2, 0.25) is 0 Å². The minimum Gasteiger partial charge on any atom is -0.491 e. The molecule has 0 spiro atoms. The zero-order valence-corrected chi connectivity index (χ0v) is 14.7. The van der Waals surface area contributed by atoms with E-state index < -0.39 is 15.9 Å². The van der Waals surface area contributed by atoms with Crippen molar-refractivity contribution in [3.8, 4) is 5.75 Å². The summed E-state index contributed by atoms with van der Waals surface area (Å²) in [6.45, 7) is 4.22. The predicted octanol–water partition coefficient (Wildman–Crippen LogP) is 1.00. The van der Waals surface area contributed by atoms with Gasteiger partial charge < -0.3 is 14.8 Å². The van der Waals surface area contributed by atoms with Gasteiger partial charge in [0, 0.05) is 13.7 Å². The van der Waals surface area contributed by atoms with Crippen LogP contribution in [0.15, 0.2) is 24.3 Å². The number of hydrogen-bond acceptors (Lipinski definition) is 5. The fourth-order valence-corrected chi connectivity index (χ4v) is 2.70. The number of anilines is 1. The number of nitrogens with one attached hydrogen (secondary N) is 1. The number of rotatable bonds is 9. The highest BCUT2D eigenvalue weighted by molar-refractivity contribution is 7.92. The van der Waals surface area contributed by atoms with Crippen LogP contribution in [0, 0.1) is 0 Å². The number of sulfonamides is 1. The van der Waals surface area contributed by atoms with Crippen LogP contribution in [-0.4, -0.2) is 53.5 Å². The highest BCUT2D eigenvalue weighted by Gasteiger charge is 2.20. The van der Waals surface area contributed by atoms with Crippen LogP contribution in [0.3, 0.4) is 0 Å². The van der Waals surface area contributed by atoms with Crippen LogP contribution in [0.25, 0.3) is 0 Å². The maximum Gasteiger partial charge on any atom is 0.240 e. The molecular formula is C15H24N2O5S. The molecule has 8 heteroatoms. The molecule has 130 valence electrons. The first-order valence-corrected chi connectivity index (χ1v) is 9.09. The van der Waals surface area contributed by atoms with Gasteiger partial charge in [-0.3, -0.25) is 9.10 Å². The van der Waals surface area contributed by atoms with Crippen LogP contribution in [0.4, 0.5) is 5.69 Å². The summed E-state index contributed by atoms with van der Waals surface area (Å²) in [6, 6.07) is 6.58. The summed E-state index contributed by atoms with van der Waals surface area (Å²) < 4.78 is 35.3. The Morgan fingerprint density at radius 1 is 1.26 bits per heavy atom. The monoisotopic (exact) mass is 344 g/mol. The maximum atomic E-state index is 12.0. The lowest BCUT2D eigenvalue weighted by molar-refractivity contribution is -0.119. The van der Waals surface area contributed by atoms with Gasteiger partial charge in [0.15, 0.2) is 0 Å². The average Bonchev–Trinajstić information content (AvgIpc) is 2.44. The van der Waals surface area contributed by atoms with Crippen LogP contribution >= 0.6 is 0 Å². The van der Waals surface area contributed by atoms with Gasteiger partial charge in [0.1, 0.15) is 12.3 Å². The molecule has 0 atom stereocenters. The van der Waals surface area contributed by atoms with Crippen molar-refractivity contribution in [3.05, 3.63) is 24.3 Å². The summed E-state index contributed by atoms with van der Waals surface area (Å²) in [5, 5.41) is 2.60. The fraction of sp³-hybridized carbons (Fsp3) is 0.533. The van der Waals surface area contributed by atoms with Gasteiger partial charge in [-0.05, 0) is 38.1 Å². The van der Waals surface area contributed by atoms with Crippen molar-refractivity contribution < 1.29 is 22.7 Å². The standard InChI is InChI=1S/C15H24N2O5S/c1-12(2)22-14-7-5-13(6-8-14)17(23(4,19)20)11-15(18)16-9-10-21-3/h5-8,12H,9-11H2,1-4H3,(H,16,18). The van der Waals surface area contributed by atoms with Gasteiger partial charge >= 0.3 is 0 Å². The largest absolute Gasteiger partial charge is 0.491 e. The minimum absolute atomic E-state index is 0.0263. The molecule has 1 aromatic carbocycles. The molecule has 0 unspecified atom stereocenters. The summed E-state index contributed by atoms with van der Waals surface area (Å²) in [7, 11) is -2.06. The van der Waals surface area contributed by atoms with E-state index in [-0.39, 0.29) is 12.6 Å². The van der Waals surface area contributed by atoms with E-state index >= 15 is 0 Å². The van der Waals surface area contributed by atoms with Crippen molar-refractivity contribution in [2.75, 3.05) is 37.4 Å². The zero-order valence-electron chi connectivity index (χ0n) is 13.9. The van der Waals surface area contributed by atoms with E-state index in [0.29, 0.717) is 24.6 Å². The van der Waals surface area contributed by atoms with Gasteiger partial charge in [-0.25, -0.2) is 8.42 Å². The Labute approximate surface area is 137 Å². The van der Waals surface area contributed by atoms with Crippen LogP contribution in [0.1, 0.15) is 13.8 Å². The molecule has 0 aliphatic carbocycles. The van der Waals surface area contributed by atoms with Crippen LogP contribution < -0.4 is 14.4 Å². The lowest BCUT2D eigenvalue weighted by atomic mass is 10.3. The van der Waals surface area contributed by atoms with Gasteiger partial charge in [-0.1, -0.05) is 0 Å². The molecule has 0 aliphatic rings. The number of benzene rings is 1. The first kappa shape index (κ1) is 19.2. The van der Waals surface area contributed by atoms with Crippen molar-refractivity contribution in [1.82, 2.24) is 5.32 Å². The third kappa shape index (κ3) is 6.87. The molecule has 1 aromatic rings. The molecule has 0 fully saturated rings. The van der Waals surface area contributed by atoms with Gasteiger partial charge in [-0.15, -0.1) is 0 Å². The van der Waals surface area contributed by atoms with Crippen LogP contribution in [-0.2, 0) is 19.6 Å². The Hall–Kier alpha value is -1.80. The molecule has 0 radical (unpaired) electrons. The van der Waals surface area contributed by atoms with Crippen molar-refractivity contribution in [2.45, 2.75) is 20.0 Å². The van der Waals surface area contributed by atoms with Gasteiger partial charge in [0.05, 0.1) is 24.7 Å². The molecular weight excluding hydrogens is 320 g/mol. The normalized spacial score (nSPS) is 11.3. The van der Waals surface area contributed by atoms with E-state index in [9.17, 15) is 13.2 Å². The second-order valence-corrected chi connectivity index (χ2v) is 7.18. The summed E-state index contributed by atoms with van der Waals surface area (Å²) in [5.74, 6) is 0.247. The quantitative estimate of drug-likeness (QED) is 0.676. The van der Waals surface area contributed by atoms with E-state index in [2.05, 4.69) is 5.32 Å². The molecule has 0 heterocycles. The molecule has 1 rings (SSSR count). The van der Waals surface area contributed by atoms with Crippen molar-refractivity contribution in [2.24, 2.45) is 0 Å². The molecule has 1 N–H and O–H groups in total. The Morgan fingerprint density at radius 2 is 1.87 bits per heavy atom. The Balaban J connectivity index is 2.84. The number of ether oxygens (including phenoxy) is 2. The summed E-state index contributed by atoms with van der Waals surface area (Å²) in [4.78, 5) is 11.9. The number of amides is 1. The average molecular weight is 344 g/mol. The summed E-state index contributed by atoms with van der Waals surface area (Å²) >= 11 is 0. The Kier molecular flexibility index (Phi) is 7.31. The number of carbonyl (C=O) groups excluding carboxylic acids is 1. The zero-order chi connectivity index (χ0) is 17.5. The fourth-order valence-electron chi connectivity index (χ4n) is 1.84. The number of hydrogen-bond donors (Lipinski definition) is 1. The van der Waals surface area contributed by atoms with Crippen molar-refractivity contribution in [1.29, 1.82) is 0 Å². The third-order valence-electron chi connectivity index (χ3n) is 2.81. The molecule has 0 saturated heterocycles. The number of nitrogens with zero attached hydrogens (tertiary/aromatic N) is 1. The second-order valence-electron chi connectivity index (χ2n) is 5.27. The van der Waals surface area contributed by atoms with Crippen molar-refractivity contribution >= 4 is 21.6 Å². The molecule has 0 saturated carbocycles. The minimum atomic E-state index is -3.58. The SMILES string of the molecule is COCCNC(=O)CN(c1ccc(OC(C)C)cc1)S(C)(=O)=O. The molecule has 23 heavy (non-hydrogen) atoms. The summed E-state index contributed by atoms with van der Waals surface area (Å²) in [6.07, 6.45) is 1.09. The van der Waals surface area contributed by atoms with E-state index in [1.54, 1.807) is 24.3 Å². The topological polar surface area (TPSA) is 84.9 Å². The number of carbonyl (C=O) groups is 1. The Bertz CT molecular complexity index is 599. The van der Waals surface area contributed by atoms with E-state index in [0.717, 1.165) is 10.6 Å². The second kappa shape index (κ2) is 8.73. The highest BCUT2D eigenvalue weighted by Crippen LogP contribution is 2.22. The third-order valence-corrected chi connectivity index (χ3v) is 3.95. The van der Waals surface area contributed by atoms with Crippen molar-refractivity contribution in [3.63, 3.8) is 0 Å². The highest BCUT2D eigenvalue weighted by atomic mass is 32.2. The van der Waals surface area contributed by atoms with Crippen LogP contribution in [0.5, 0.6) is 5.75 Å². The lowest BCUT2D eigenvalue weighted by Crippen LogP contribution is -2.41. The lowest BCUT2D eigenvalue weighted by Gasteiger charge is -2.22. The maximum absolute atomic E-state index is 12.0. The van der Waals surface area contributed by atoms with E-state index in [1.165, 1.54) is 7.11 Å². The van der Waals surface area contributed by atoms with Gasteiger partial charge in [0.25, 0.3) is 0 Å². The summed E-state index contributed by atoms with van der Waals surface area (Å²) in [5.41, 5.74) is 0.408. The van der Waals surface area contributed by atoms with E-state index in [1.807, 2.05) is 13.8 Å². The first-order chi connectivity index (χ1) is 10.7. The smallest absolute Gasteiger partial charge is 0.240 e. The van der Waals surface area contributed by atoms with E-state index in [4.69, 9.17) is 9.47 Å². The molecule has 0 aliphatic heterocycles. The number of methoxy groups -OCH3 is 1. The molecule has 7 nitrogen and oxygen atoms in total. The molecule has 0 aromatic heterocycles. The molecule has 1 amide bonds. The predicted molar refractivity (Wildman–Crippen MR) is 89.3 cm³/mol. The molecule has 0 bridgehead atoms. The van der Waals surface area contributed by atoms with Gasteiger partial charge in [-0.2, -0.15) is 0 Å².